The molecule has 0 heterocycles. The van der Waals surface area contributed by atoms with E-state index in [1.54, 1.807) is 0 Å². The summed E-state index contributed by atoms with van der Waals surface area (Å²) in [6.45, 7) is 2.31. The van der Waals surface area contributed by atoms with Crippen LogP contribution in [-0.2, 0) is 9.84 Å². The molecular formula is C13H21NO3S. The minimum absolute atomic E-state index is 0.106. The zero-order valence-corrected chi connectivity index (χ0v) is 11.9. The number of likely N-dealkylation sites (N-methyl/N-ethyl adjacent to an activating group) is 1. The standard InChI is InChI=1S/C13H21NO3S/c1-11(14(2)9-10-18(3,16)17)13(15)12-7-5-4-6-8-12/h4-8,11,13,15H,9-10H2,1-3H3. The lowest BCUT2D eigenvalue weighted by molar-refractivity contribution is 0.0758. The fraction of sp³-hybridized carbons (Fsp3) is 0.538. The highest BCUT2D eigenvalue weighted by molar-refractivity contribution is 7.90. The number of aliphatic hydroxyl groups excluding tert-OH is 1. The van der Waals surface area contributed by atoms with Crippen LogP contribution in [0.15, 0.2) is 30.3 Å². The molecule has 0 bridgehead atoms. The normalized spacial score (nSPS) is 15.6. The number of hydrogen-bond acceptors (Lipinski definition) is 4. The number of benzene rings is 1. The Morgan fingerprint density at radius 1 is 1.28 bits per heavy atom. The van der Waals surface area contributed by atoms with Crippen LogP contribution in [0.3, 0.4) is 0 Å². The Morgan fingerprint density at radius 3 is 2.33 bits per heavy atom. The molecule has 0 aliphatic heterocycles. The second-order valence-electron chi connectivity index (χ2n) is 4.71. The molecule has 2 atom stereocenters. The van der Waals surface area contributed by atoms with Crippen molar-refractivity contribution in [1.82, 2.24) is 4.90 Å². The number of rotatable bonds is 6. The van der Waals surface area contributed by atoms with Crippen molar-refractivity contribution in [2.45, 2.75) is 19.1 Å². The van der Waals surface area contributed by atoms with Crippen molar-refractivity contribution < 1.29 is 13.5 Å². The van der Waals surface area contributed by atoms with Gasteiger partial charge in [-0.3, -0.25) is 4.90 Å². The van der Waals surface area contributed by atoms with E-state index in [1.165, 1.54) is 6.26 Å². The molecule has 0 aromatic heterocycles. The van der Waals surface area contributed by atoms with Gasteiger partial charge in [-0.2, -0.15) is 0 Å². The first-order valence-corrected chi connectivity index (χ1v) is 7.98. The average Bonchev–Trinajstić information content (AvgIpc) is 2.34. The summed E-state index contributed by atoms with van der Waals surface area (Å²) in [5, 5.41) is 10.2. The van der Waals surface area contributed by atoms with Crippen LogP contribution in [0, 0.1) is 0 Å². The molecule has 5 heteroatoms. The molecule has 4 nitrogen and oxygen atoms in total. The van der Waals surface area contributed by atoms with Crippen molar-refractivity contribution >= 4 is 9.84 Å². The lowest BCUT2D eigenvalue weighted by Gasteiger charge is -2.28. The van der Waals surface area contributed by atoms with Crippen LogP contribution in [0.2, 0.25) is 0 Å². The lowest BCUT2D eigenvalue weighted by Crippen LogP contribution is -2.37. The van der Waals surface area contributed by atoms with Gasteiger partial charge in [0.05, 0.1) is 11.9 Å². The van der Waals surface area contributed by atoms with Crippen molar-refractivity contribution in [3.05, 3.63) is 35.9 Å². The van der Waals surface area contributed by atoms with E-state index in [9.17, 15) is 13.5 Å². The molecule has 0 aliphatic rings. The molecule has 0 spiro atoms. The van der Waals surface area contributed by atoms with Crippen molar-refractivity contribution in [2.75, 3.05) is 25.6 Å². The van der Waals surface area contributed by atoms with Gasteiger partial charge < -0.3 is 5.11 Å². The zero-order valence-electron chi connectivity index (χ0n) is 11.1. The van der Waals surface area contributed by atoms with Gasteiger partial charge in [0.25, 0.3) is 0 Å². The Balaban J connectivity index is 2.61. The summed E-state index contributed by atoms with van der Waals surface area (Å²) < 4.78 is 22.2. The summed E-state index contributed by atoms with van der Waals surface area (Å²) in [6.07, 6.45) is 0.606. The fourth-order valence-corrected chi connectivity index (χ4v) is 2.30. The largest absolute Gasteiger partial charge is 0.387 e. The van der Waals surface area contributed by atoms with E-state index in [0.717, 1.165) is 5.56 Å². The fourth-order valence-electron chi connectivity index (χ4n) is 1.68. The summed E-state index contributed by atoms with van der Waals surface area (Å²) in [5.41, 5.74) is 0.844. The number of nitrogens with zero attached hydrogens (tertiary/aromatic N) is 1. The minimum Gasteiger partial charge on any atom is -0.387 e. The Hall–Kier alpha value is -0.910. The second kappa shape index (κ2) is 6.31. The van der Waals surface area contributed by atoms with Gasteiger partial charge in [-0.05, 0) is 19.5 Å². The van der Waals surface area contributed by atoms with E-state index in [4.69, 9.17) is 0 Å². The summed E-state index contributed by atoms with van der Waals surface area (Å²) >= 11 is 0. The first-order valence-electron chi connectivity index (χ1n) is 5.92. The van der Waals surface area contributed by atoms with E-state index >= 15 is 0 Å². The van der Waals surface area contributed by atoms with Crippen LogP contribution in [0.1, 0.15) is 18.6 Å². The summed E-state index contributed by atoms with van der Waals surface area (Å²) in [4.78, 5) is 1.86. The predicted molar refractivity (Wildman–Crippen MR) is 73.2 cm³/mol. The van der Waals surface area contributed by atoms with E-state index in [2.05, 4.69) is 0 Å². The smallest absolute Gasteiger partial charge is 0.148 e. The molecule has 0 amide bonds. The molecule has 102 valence electrons. The predicted octanol–water partition coefficient (Wildman–Crippen LogP) is 1.08. The van der Waals surface area contributed by atoms with Gasteiger partial charge in [0.15, 0.2) is 0 Å². The van der Waals surface area contributed by atoms with E-state index < -0.39 is 15.9 Å². The molecule has 0 aliphatic carbocycles. The molecule has 0 saturated heterocycles. The molecule has 1 aromatic carbocycles. The third-order valence-electron chi connectivity index (χ3n) is 3.11. The Labute approximate surface area is 109 Å². The first-order chi connectivity index (χ1) is 8.31. The van der Waals surface area contributed by atoms with Crippen LogP contribution in [0.5, 0.6) is 0 Å². The Bertz CT molecular complexity index is 458. The topological polar surface area (TPSA) is 57.6 Å². The summed E-state index contributed by atoms with van der Waals surface area (Å²) in [6, 6.07) is 9.25. The molecular weight excluding hydrogens is 250 g/mol. The second-order valence-corrected chi connectivity index (χ2v) is 6.97. The SMILES string of the molecule is CC(C(O)c1ccccc1)N(C)CCS(C)(=O)=O. The average molecular weight is 271 g/mol. The van der Waals surface area contributed by atoms with Crippen molar-refractivity contribution in [3.8, 4) is 0 Å². The van der Waals surface area contributed by atoms with Gasteiger partial charge >= 0.3 is 0 Å². The van der Waals surface area contributed by atoms with E-state index in [1.807, 2.05) is 49.2 Å². The molecule has 1 rings (SSSR count). The summed E-state index contributed by atoms with van der Waals surface area (Å²) in [5.74, 6) is 0.106. The van der Waals surface area contributed by atoms with Crippen LogP contribution in [-0.4, -0.2) is 50.1 Å². The molecule has 0 fully saturated rings. The van der Waals surface area contributed by atoms with Gasteiger partial charge in [0.1, 0.15) is 9.84 Å². The van der Waals surface area contributed by atoms with Crippen LogP contribution in [0.25, 0.3) is 0 Å². The maximum atomic E-state index is 11.1. The maximum Gasteiger partial charge on any atom is 0.148 e. The quantitative estimate of drug-likeness (QED) is 0.841. The van der Waals surface area contributed by atoms with Crippen molar-refractivity contribution in [3.63, 3.8) is 0 Å². The number of hydrogen-bond donors (Lipinski definition) is 1. The molecule has 1 N–H and O–H groups in total. The van der Waals surface area contributed by atoms with E-state index in [0.29, 0.717) is 6.54 Å². The van der Waals surface area contributed by atoms with E-state index in [-0.39, 0.29) is 11.8 Å². The van der Waals surface area contributed by atoms with Crippen LogP contribution < -0.4 is 0 Å². The molecule has 0 saturated carbocycles. The lowest BCUT2D eigenvalue weighted by atomic mass is 10.0. The Kier molecular flexibility index (Phi) is 5.31. The first kappa shape index (κ1) is 15.1. The van der Waals surface area contributed by atoms with Crippen molar-refractivity contribution in [2.24, 2.45) is 0 Å². The van der Waals surface area contributed by atoms with Crippen molar-refractivity contribution in [1.29, 1.82) is 0 Å². The number of sulfone groups is 1. The Morgan fingerprint density at radius 2 is 1.83 bits per heavy atom. The highest BCUT2D eigenvalue weighted by Crippen LogP contribution is 2.19. The summed E-state index contributed by atoms with van der Waals surface area (Å²) in [7, 11) is -1.14. The minimum atomic E-state index is -2.97. The number of aliphatic hydroxyl groups is 1. The third kappa shape index (κ3) is 4.76. The molecule has 2 unspecified atom stereocenters. The van der Waals surface area contributed by atoms with Crippen LogP contribution in [0.4, 0.5) is 0 Å². The monoisotopic (exact) mass is 271 g/mol. The highest BCUT2D eigenvalue weighted by atomic mass is 32.2. The third-order valence-corrected chi connectivity index (χ3v) is 4.03. The van der Waals surface area contributed by atoms with Gasteiger partial charge in [-0.25, -0.2) is 8.42 Å². The zero-order chi connectivity index (χ0) is 13.8. The molecule has 1 aromatic rings. The highest BCUT2D eigenvalue weighted by Gasteiger charge is 2.20. The van der Waals surface area contributed by atoms with Gasteiger partial charge in [-0.1, -0.05) is 30.3 Å². The maximum absolute atomic E-state index is 11.1. The molecule has 18 heavy (non-hydrogen) atoms. The van der Waals surface area contributed by atoms with Crippen LogP contribution >= 0.6 is 0 Å². The van der Waals surface area contributed by atoms with Gasteiger partial charge in [0.2, 0.25) is 0 Å². The van der Waals surface area contributed by atoms with Gasteiger partial charge in [0, 0.05) is 18.8 Å². The molecule has 0 radical (unpaired) electrons. The van der Waals surface area contributed by atoms with Gasteiger partial charge in [-0.15, -0.1) is 0 Å².